The molecule has 0 saturated heterocycles. The van der Waals surface area contributed by atoms with Crippen molar-refractivity contribution in [3.63, 3.8) is 0 Å². The predicted octanol–water partition coefficient (Wildman–Crippen LogP) is 1.70. The van der Waals surface area contributed by atoms with Crippen molar-refractivity contribution in [2.24, 2.45) is 0 Å². The monoisotopic (exact) mass is 292 g/mol. The summed E-state index contributed by atoms with van der Waals surface area (Å²) in [6, 6.07) is 14.0. The van der Waals surface area contributed by atoms with Gasteiger partial charge in [-0.05, 0) is 24.3 Å². The van der Waals surface area contributed by atoms with Gasteiger partial charge in [0.25, 0.3) is 11.8 Å². The lowest BCUT2D eigenvalue weighted by atomic mass is 10.2. The molecule has 6 nitrogen and oxygen atoms in total. The third-order valence-electron chi connectivity index (χ3n) is 3.06. The minimum atomic E-state index is -0.479. The molecule has 108 valence electrons. The third kappa shape index (κ3) is 2.90. The summed E-state index contributed by atoms with van der Waals surface area (Å²) in [5.41, 5.74) is 6.03. The van der Waals surface area contributed by atoms with Crippen LogP contribution in [0, 0.1) is 0 Å². The minimum Gasteiger partial charge on any atom is -0.267 e. The van der Waals surface area contributed by atoms with Crippen molar-refractivity contribution in [2.75, 3.05) is 0 Å². The van der Waals surface area contributed by atoms with Gasteiger partial charge in [0.2, 0.25) is 0 Å². The molecule has 0 atom stereocenters. The number of hydrazine groups is 1. The van der Waals surface area contributed by atoms with Gasteiger partial charge in [0.1, 0.15) is 5.69 Å². The number of pyridine rings is 2. The highest BCUT2D eigenvalue weighted by Crippen LogP contribution is 2.11. The number of para-hydroxylation sites is 1. The Bertz CT molecular complexity index is 834. The SMILES string of the molecule is O=C(NNC(=O)c1ccc2ccccc2n1)c1ccncc1. The van der Waals surface area contributed by atoms with Crippen molar-refractivity contribution in [3.05, 3.63) is 72.2 Å². The van der Waals surface area contributed by atoms with Gasteiger partial charge in [-0.1, -0.05) is 24.3 Å². The molecule has 0 radical (unpaired) electrons. The van der Waals surface area contributed by atoms with Crippen molar-refractivity contribution in [2.45, 2.75) is 0 Å². The maximum atomic E-state index is 12.0. The van der Waals surface area contributed by atoms with Gasteiger partial charge in [-0.25, -0.2) is 4.98 Å². The molecule has 0 unspecified atom stereocenters. The molecule has 2 amide bonds. The van der Waals surface area contributed by atoms with E-state index in [9.17, 15) is 9.59 Å². The van der Waals surface area contributed by atoms with Crippen LogP contribution in [0.2, 0.25) is 0 Å². The van der Waals surface area contributed by atoms with Gasteiger partial charge >= 0.3 is 0 Å². The van der Waals surface area contributed by atoms with Crippen LogP contribution in [0.5, 0.6) is 0 Å². The molecule has 22 heavy (non-hydrogen) atoms. The Morgan fingerprint density at radius 1 is 0.818 bits per heavy atom. The first-order valence-corrected chi connectivity index (χ1v) is 6.60. The first-order chi connectivity index (χ1) is 10.7. The number of benzene rings is 1. The summed E-state index contributed by atoms with van der Waals surface area (Å²) < 4.78 is 0. The van der Waals surface area contributed by atoms with Crippen LogP contribution >= 0.6 is 0 Å². The molecule has 2 N–H and O–H groups in total. The molecule has 0 spiro atoms. The highest BCUT2D eigenvalue weighted by Gasteiger charge is 2.10. The summed E-state index contributed by atoms with van der Waals surface area (Å²) in [4.78, 5) is 31.9. The van der Waals surface area contributed by atoms with Crippen molar-refractivity contribution in [1.82, 2.24) is 20.8 Å². The number of carbonyl (C=O) groups excluding carboxylic acids is 2. The van der Waals surface area contributed by atoms with E-state index in [0.29, 0.717) is 5.56 Å². The summed E-state index contributed by atoms with van der Waals surface area (Å²) in [7, 11) is 0. The first kappa shape index (κ1) is 13.7. The zero-order chi connectivity index (χ0) is 15.4. The van der Waals surface area contributed by atoms with Gasteiger partial charge in [-0.2, -0.15) is 0 Å². The van der Waals surface area contributed by atoms with Crippen LogP contribution in [0.4, 0.5) is 0 Å². The van der Waals surface area contributed by atoms with E-state index in [1.807, 2.05) is 30.3 Å². The maximum Gasteiger partial charge on any atom is 0.288 e. The van der Waals surface area contributed by atoms with Gasteiger partial charge in [-0.15, -0.1) is 0 Å². The minimum absolute atomic E-state index is 0.230. The molecule has 0 bridgehead atoms. The van der Waals surface area contributed by atoms with E-state index < -0.39 is 11.8 Å². The Morgan fingerprint density at radius 3 is 2.36 bits per heavy atom. The number of nitrogens with zero attached hydrogens (tertiary/aromatic N) is 2. The highest BCUT2D eigenvalue weighted by molar-refractivity contribution is 5.99. The van der Waals surface area contributed by atoms with E-state index in [1.54, 1.807) is 18.2 Å². The molecule has 2 aromatic heterocycles. The van der Waals surface area contributed by atoms with Crippen LogP contribution in [0.15, 0.2) is 60.9 Å². The molecular weight excluding hydrogens is 280 g/mol. The highest BCUT2D eigenvalue weighted by atomic mass is 16.2. The number of nitrogens with one attached hydrogen (secondary N) is 2. The van der Waals surface area contributed by atoms with Crippen molar-refractivity contribution < 1.29 is 9.59 Å². The zero-order valence-electron chi connectivity index (χ0n) is 11.5. The molecule has 2 heterocycles. The van der Waals surface area contributed by atoms with Crippen LogP contribution in [-0.2, 0) is 0 Å². The van der Waals surface area contributed by atoms with E-state index in [-0.39, 0.29) is 5.69 Å². The summed E-state index contributed by atoms with van der Waals surface area (Å²) in [5.74, 6) is -0.898. The second kappa shape index (κ2) is 6.01. The average molecular weight is 292 g/mol. The Labute approximate surface area is 126 Å². The van der Waals surface area contributed by atoms with Crippen molar-refractivity contribution >= 4 is 22.7 Å². The second-order valence-electron chi connectivity index (χ2n) is 4.53. The van der Waals surface area contributed by atoms with Gasteiger partial charge < -0.3 is 0 Å². The number of rotatable bonds is 2. The van der Waals surface area contributed by atoms with E-state index in [0.717, 1.165) is 10.9 Å². The van der Waals surface area contributed by atoms with Gasteiger partial charge in [0, 0.05) is 23.3 Å². The van der Waals surface area contributed by atoms with Crippen LogP contribution in [0.1, 0.15) is 20.8 Å². The van der Waals surface area contributed by atoms with Crippen LogP contribution in [-0.4, -0.2) is 21.8 Å². The molecule has 0 aliphatic heterocycles. The molecule has 6 heteroatoms. The molecular formula is C16H12N4O2. The molecule has 3 rings (SSSR count). The van der Waals surface area contributed by atoms with Gasteiger partial charge in [-0.3, -0.25) is 25.4 Å². The van der Waals surface area contributed by atoms with Crippen LogP contribution in [0.25, 0.3) is 10.9 Å². The van der Waals surface area contributed by atoms with Gasteiger partial charge in [0.05, 0.1) is 5.52 Å². The zero-order valence-corrected chi connectivity index (χ0v) is 11.5. The third-order valence-corrected chi connectivity index (χ3v) is 3.06. The molecule has 3 aromatic rings. The molecule has 0 saturated carbocycles. The number of hydrogen-bond donors (Lipinski definition) is 2. The Morgan fingerprint density at radius 2 is 1.55 bits per heavy atom. The van der Waals surface area contributed by atoms with E-state index in [1.165, 1.54) is 12.4 Å². The summed E-state index contributed by atoms with van der Waals surface area (Å²) in [5, 5.41) is 0.944. The Hall–Kier alpha value is -3.28. The van der Waals surface area contributed by atoms with Crippen molar-refractivity contribution in [1.29, 1.82) is 0 Å². The fourth-order valence-electron chi connectivity index (χ4n) is 1.95. The number of fused-ring (bicyclic) bond motifs is 1. The number of hydrogen-bond acceptors (Lipinski definition) is 4. The molecule has 0 aliphatic carbocycles. The molecule has 0 aliphatic rings. The number of aromatic nitrogens is 2. The van der Waals surface area contributed by atoms with Crippen LogP contribution < -0.4 is 10.9 Å². The lowest BCUT2D eigenvalue weighted by Crippen LogP contribution is -2.41. The standard InChI is InChI=1S/C16H12N4O2/c21-15(12-7-9-17-10-8-12)19-20-16(22)14-6-5-11-3-1-2-4-13(11)18-14/h1-10H,(H,19,21)(H,20,22). The maximum absolute atomic E-state index is 12.0. The van der Waals surface area contributed by atoms with E-state index >= 15 is 0 Å². The normalized spacial score (nSPS) is 10.2. The van der Waals surface area contributed by atoms with E-state index in [2.05, 4.69) is 20.8 Å². The van der Waals surface area contributed by atoms with Crippen molar-refractivity contribution in [3.8, 4) is 0 Å². The fourth-order valence-corrected chi connectivity index (χ4v) is 1.95. The number of carbonyl (C=O) groups is 2. The Balaban J connectivity index is 1.69. The second-order valence-corrected chi connectivity index (χ2v) is 4.53. The summed E-state index contributed by atoms with van der Waals surface area (Å²) in [6.07, 6.45) is 3.00. The lowest BCUT2D eigenvalue weighted by molar-refractivity contribution is 0.0844. The molecule has 1 aromatic carbocycles. The fraction of sp³-hybridized carbons (Fsp3) is 0. The van der Waals surface area contributed by atoms with Gasteiger partial charge in [0.15, 0.2) is 0 Å². The average Bonchev–Trinajstić information content (AvgIpc) is 2.59. The summed E-state index contributed by atoms with van der Waals surface area (Å²) in [6.45, 7) is 0. The molecule has 0 fully saturated rings. The largest absolute Gasteiger partial charge is 0.288 e. The summed E-state index contributed by atoms with van der Waals surface area (Å²) >= 11 is 0. The first-order valence-electron chi connectivity index (χ1n) is 6.60. The topological polar surface area (TPSA) is 84.0 Å². The smallest absolute Gasteiger partial charge is 0.267 e. The number of amides is 2. The van der Waals surface area contributed by atoms with E-state index in [4.69, 9.17) is 0 Å². The van der Waals surface area contributed by atoms with Crippen LogP contribution in [0.3, 0.4) is 0 Å². The quantitative estimate of drug-likeness (QED) is 0.704. The Kier molecular flexibility index (Phi) is 3.74. The predicted molar refractivity (Wildman–Crippen MR) is 80.9 cm³/mol. The lowest BCUT2D eigenvalue weighted by Gasteiger charge is -2.07.